The van der Waals surface area contributed by atoms with Crippen LogP contribution in [0.15, 0.2) is 35.3 Å². The number of halogens is 5. The number of likely N-dealkylation sites (tertiary alicyclic amines) is 1. The first-order valence-corrected chi connectivity index (χ1v) is 12.9. The molecule has 1 aromatic carbocycles. The van der Waals surface area contributed by atoms with Crippen molar-refractivity contribution in [2.24, 2.45) is 11.8 Å². The number of nitrogens with zero attached hydrogens (tertiary/aromatic N) is 2. The summed E-state index contributed by atoms with van der Waals surface area (Å²) in [5.41, 5.74) is -3.00. The summed E-state index contributed by atoms with van der Waals surface area (Å²) in [6.45, 7) is 3.17. The van der Waals surface area contributed by atoms with Crippen LogP contribution in [-0.2, 0) is 5.54 Å². The van der Waals surface area contributed by atoms with Crippen LogP contribution in [0.4, 0.5) is 27.6 Å². The third-order valence-corrected chi connectivity index (χ3v) is 8.55. The molecule has 206 valence electrons. The summed E-state index contributed by atoms with van der Waals surface area (Å²) in [7, 11) is 2.03. The van der Waals surface area contributed by atoms with Gasteiger partial charge in [0.15, 0.2) is 0 Å². The van der Waals surface area contributed by atoms with Gasteiger partial charge in [0.2, 0.25) is 0 Å². The van der Waals surface area contributed by atoms with Gasteiger partial charge in [-0.05, 0) is 51.5 Å². The number of carbonyl (C=O) groups excluding carboxylic acids is 1. The van der Waals surface area contributed by atoms with Crippen molar-refractivity contribution < 1.29 is 26.7 Å². The van der Waals surface area contributed by atoms with Crippen molar-refractivity contribution in [2.45, 2.75) is 63.1 Å². The molecule has 2 aromatic rings. The molecule has 6 nitrogen and oxygen atoms in total. The van der Waals surface area contributed by atoms with E-state index in [0.717, 1.165) is 30.1 Å². The van der Waals surface area contributed by atoms with E-state index in [1.807, 2.05) is 7.05 Å². The summed E-state index contributed by atoms with van der Waals surface area (Å²) in [6.07, 6.45) is -2.87. The van der Waals surface area contributed by atoms with Gasteiger partial charge in [0.1, 0.15) is 11.4 Å². The van der Waals surface area contributed by atoms with Gasteiger partial charge in [0.25, 0.3) is 24.3 Å². The molecule has 3 aliphatic rings. The molecule has 2 heterocycles. The number of aromatic nitrogens is 1. The number of hydrogen-bond donors (Lipinski definition) is 2. The van der Waals surface area contributed by atoms with E-state index in [1.165, 1.54) is 31.3 Å². The molecule has 2 bridgehead atoms. The largest absolute Gasteiger partial charge is 0.381 e. The van der Waals surface area contributed by atoms with E-state index in [1.54, 1.807) is 0 Å². The number of anilines is 1. The number of piperidine rings is 2. The molecule has 0 spiro atoms. The van der Waals surface area contributed by atoms with Crippen molar-refractivity contribution >= 4 is 11.6 Å². The summed E-state index contributed by atoms with van der Waals surface area (Å²) >= 11 is 0. The zero-order valence-electron chi connectivity index (χ0n) is 21.2. The van der Waals surface area contributed by atoms with Gasteiger partial charge < -0.3 is 20.1 Å². The Hall–Kier alpha value is -2.95. The van der Waals surface area contributed by atoms with Gasteiger partial charge in [-0.2, -0.15) is 0 Å². The van der Waals surface area contributed by atoms with Crippen molar-refractivity contribution in [2.75, 3.05) is 25.5 Å². The van der Waals surface area contributed by atoms with Crippen molar-refractivity contribution in [1.29, 1.82) is 0 Å². The van der Waals surface area contributed by atoms with Crippen LogP contribution in [0.2, 0.25) is 0 Å². The molecule has 2 N–H and O–H groups in total. The number of fused-ring (bicyclic) bond motifs is 2. The van der Waals surface area contributed by atoms with Gasteiger partial charge in [-0.25, -0.2) is 22.0 Å². The van der Waals surface area contributed by atoms with Crippen molar-refractivity contribution in [3.8, 4) is 0 Å². The molecule has 1 saturated heterocycles. The molecular formula is C27H31F5N4O2. The van der Waals surface area contributed by atoms with Crippen LogP contribution in [0.5, 0.6) is 0 Å². The second kappa shape index (κ2) is 9.98. The van der Waals surface area contributed by atoms with Gasteiger partial charge in [-0.15, -0.1) is 0 Å². The van der Waals surface area contributed by atoms with Gasteiger partial charge in [-0.3, -0.25) is 9.59 Å². The fourth-order valence-corrected chi connectivity index (χ4v) is 6.25. The first kappa shape index (κ1) is 26.6. The minimum atomic E-state index is -3.02. The monoisotopic (exact) mass is 538 g/mol. The molecule has 2 aliphatic carbocycles. The van der Waals surface area contributed by atoms with Gasteiger partial charge in [0, 0.05) is 37.0 Å². The van der Waals surface area contributed by atoms with E-state index in [0.29, 0.717) is 18.3 Å². The Morgan fingerprint density at radius 3 is 2.34 bits per heavy atom. The van der Waals surface area contributed by atoms with Crippen LogP contribution >= 0.6 is 0 Å². The molecule has 11 heteroatoms. The van der Waals surface area contributed by atoms with E-state index >= 15 is 0 Å². The Labute approximate surface area is 217 Å². The van der Waals surface area contributed by atoms with Gasteiger partial charge >= 0.3 is 0 Å². The molecule has 5 rings (SSSR count). The summed E-state index contributed by atoms with van der Waals surface area (Å²) in [4.78, 5) is 28.8. The van der Waals surface area contributed by atoms with E-state index in [-0.39, 0.29) is 35.7 Å². The maximum atomic E-state index is 14.7. The van der Waals surface area contributed by atoms with Crippen LogP contribution in [0.25, 0.3) is 0 Å². The lowest BCUT2D eigenvalue weighted by Crippen LogP contribution is -2.60. The fraction of sp³-hybridized carbons (Fsp3) is 0.556. The number of carbonyl (C=O) groups is 1. The second-order valence-electron chi connectivity index (χ2n) is 11.0. The lowest BCUT2D eigenvalue weighted by Gasteiger charge is -2.53. The third kappa shape index (κ3) is 4.48. The molecule has 1 aromatic heterocycles. The molecule has 38 heavy (non-hydrogen) atoms. The Morgan fingerprint density at radius 1 is 1.11 bits per heavy atom. The van der Waals surface area contributed by atoms with Crippen LogP contribution in [0, 0.1) is 17.7 Å². The molecule has 2 saturated carbocycles. The molecule has 3 fully saturated rings. The topological polar surface area (TPSA) is 66.4 Å². The predicted octanol–water partition coefficient (Wildman–Crippen LogP) is 4.92. The average Bonchev–Trinajstić information content (AvgIpc) is 2.82. The van der Waals surface area contributed by atoms with Gasteiger partial charge in [-0.1, -0.05) is 18.2 Å². The van der Waals surface area contributed by atoms with Gasteiger partial charge in [0.05, 0.1) is 22.9 Å². The average molecular weight is 539 g/mol. The highest BCUT2D eigenvalue weighted by molar-refractivity contribution is 5.99. The zero-order chi connectivity index (χ0) is 27.4. The van der Waals surface area contributed by atoms with Crippen LogP contribution in [-0.4, -0.2) is 48.0 Å². The van der Waals surface area contributed by atoms with E-state index in [9.17, 15) is 31.5 Å². The summed E-state index contributed by atoms with van der Waals surface area (Å²) in [5.74, 6) is -1.19. The number of pyridine rings is 1. The minimum absolute atomic E-state index is 0.0212. The first-order valence-electron chi connectivity index (χ1n) is 12.9. The highest BCUT2D eigenvalue weighted by Crippen LogP contribution is 2.44. The number of amides is 1. The quantitative estimate of drug-likeness (QED) is 0.469. The van der Waals surface area contributed by atoms with Crippen molar-refractivity contribution in [3.05, 3.63) is 63.3 Å². The number of hydrogen-bond acceptors (Lipinski definition) is 4. The first-order chi connectivity index (χ1) is 18.0. The van der Waals surface area contributed by atoms with Crippen molar-refractivity contribution in [1.82, 2.24) is 14.8 Å². The Morgan fingerprint density at radius 2 is 1.76 bits per heavy atom. The standard InChI is InChI=1S/C27H31F5N4O2/c1-14(17-5-3-6-18(22(17)28)24(29)30)33-25(38)19-13-36(27(26(31)32)7-4-8-27)21(37)10-20(19)34-23-15-9-16(23)12-35(2)11-15/h3,5-6,10,13-16,23-24,26,34H,4,7-9,11-12H2,1-2H3,(H,33,38)/t14-,15-,16+,23-/m1/s1. The molecule has 4 atom stereocenters. The highest BCUT2D eigenvalue weighted by Gasteiger charge is 2.49. The number of alkyl halides is 4. The zero-order valence-corrected chi connectivity index (χ0v) is 21.2. The second-order valence-corrected chi connectivity index (χ2v) is 11.0. The van der Waals surface area contributed by atoms with E-state index in [4.69, 9.17) is 0 Å². The minimum Gasteiger partial charge on any atom is -0.381 e. The smallest absolute Gasteiger partial charge is 0.266 e. The number of rotatable bonds is 8. The Bertz CT molecular complexity index is 1270. The Balaban J connectivity index is 1.48. The Kier molecular flexibility index (Phi) is 7.00. The lowest BCUT2D eigenvalue weighted by atomic mass is 9.66. The SMILES string of the molecule is C[C@@H](NC(=O)c1cn(C2(C(F)F)CCC2)c(=O)cc1N[C@@H]1[C@@H]2C[C@H]1CN(C)C2)c1cccc(C(F)F)c1F. The van der Waals surface area contributed by atoms with Crippen LogP contribution < -0.4 is 16.2 Å². The van der Waals surface area contributed by atoms with Crippen LogP contribution in [0.1, 0.15) is 66.6 Å². The number of benzene rings is 1. The third-order valence-electron chi connectivity index (χ3n) is 8.55. The number of nitrogens with one attached hydrogen (secondary N) is 2. The van der Waals surface area contributed by atoms with Crippen LogP contribution in [0.3, 0.4) is 0 Å². The fourth-order valence-electron chi connectivity index (χ4n) is 6.25. The summed E-state index contributed by atoms with van der Waals surface area (Å²) < 4.78 is 70.3. The molecule has 1 aliphatic heterocycles. The summed E-state index contributed by atoms with van der Waals surface area (Å²) in [5, 5.41) is 5.94. The molecular weight excluding hydrogens is 507 g/mol. The maximum absolute atomic E-state index is 14.7. The molecule has 1 amide bonds. The van der Waals surface area contributed by atoms with E-state index in [2.05, 4.69) is 15.5 Å². The predicted molar refractivity (Wildman–Crippen MR) is 132 cm³/mol. The van der Waals surface area contributed by atoms with Crippen molar-refractivity contribution in [3.63, 3.8) is 0 Å². The highest BCUT2D eigenvalue weighted by atomic mass is 19.3. The maximum Gasteiger partial charge on any atom is 0.266 e. The van der Waals surface area contributed by atoms with E-state index < -0.39 is 47.3 Å². The summed E-state index contributed by atoms with van der Waals surface area (Å²) in [6, 6.07) is 3.78. The molecule has 0 radical (unpaired) electrons. The molecule has 0 unspecified atom stereocenters. The normalized spacial score (nSPS) is 25.0. The lowest BCUT2D eigenvalue weighted by molar-refractivity contribution is -0.0504.